The monoisotopic (exact) mass is 268 g/mol. The van der Waals surface area contributed by atoms with Crippen LogP contribution >= 0.6 is 0 Å². The fourth-order valence-corrected chi connectivity index (χ4v) is 1.61. The molecule has 0 fully saturated rings. The maximum Gasteiger partial charge on any atom is 0.293 e. The highest BCUT2D eigenvalue weighted by Crippen LogP contribution is 2.01. The maximum absolute atomic E-state index is 11.7. The summed E-state index contributed by atoms with van der Waals surface area (Å²) in [5.74, 6) is -0.811. The summed E-state index contributed by atoms with van der Waals surface area (Å²) >= 11 is 0. The maximum atomic E-state index is 11.7. The molecule has 0 spiro atoms. The van der Waals surface area contributed by atoms with Gasteiger partial charge in [-0.05, 0) is 32.4 Å². The van der Waals surface area contributed by atoms with E-state index >= 15 is 0 Å². The van der Waals surface area contributed by atoms with Gasteiger partial charge in [0.05, 0.1) is 12.8 Å². The Kier molecular flexibility index (Phi) is 6.24. The van der Waals surface area contributed by atoms with Crippen molar-refractivity contribution in [3.05, 3.63) is 24.2 Å². The van der Waals surface area contributed by atoms with Crippen molar-refractivity contribution in [1.29, 1.82) is 0 Å². The first kappa shape index (κ1) is 15.4. The van der Waals surface area contributed by atoms with E-state index in [1.54, 1.807) is 6.07 Å². The molecule has 0 bridgehead atoms. The standard InChI is InChI=1S/C13H20N2O4/c1-10(2)15(6-4-7-16)9-12(17)14-13(18)11-5-3-8-19-11/h3,5,8,10,16H,4,6-7,9H2,1-2H3,(H,14,17,18). The van der Waals surface area contributed by atoms with E-state index in [0.29, 0.717) is 13.0 Å². The predicted octanol–water partition coefficient (Wildman–Crippen LogP) is 0.629. The molecular weight excluding hydrogens is 248 g/mol. The van der Waals surface area contributed by atoms with Gasteiger partial charge in [-0.1, -0.05) is 0 Å². The summed E-state index contributed by atoms with van der Waals surface area (Å²) in [5.41, 5.74) is 0. The summed E-state index contributed by atoms with van der Waals surface area (Å²) in [4.78, 5) is 25.2. The van der Waals surface area contributed by atoms with Gasteiger partial charge < -0.3 is 9.52 Å². The van der Waals surface area contributed by atoms with Crippen molar-refractivity contribution in [3.63, 3.8) is 0 Å². The molecule has 0 radical (unpaired) electrons. The van der Waals surface area contributed by atoms with E-state index in [0.717, 1.165) is 0 Å². The number of furan rings is 1. The van der Waals surface area contributed by atoms with Crippen LogP contribution in [-0.2, 0) is 4.79 Å². The molecule has 1 rings (SSSR count). The Hall–Kier alpha value is -1.66. The number of carbonyl (C=O) groups excluding carboxylic acids is 2. The summed E-state index contributed by atoms with van der Waals surface area (Å²) in [5, 5.41) is 11.1. The summed E-state index contributed by atoms with van der Waals surface area (Å²) in [6, 6.07) is 3.24. The Bertz CT molecular complexity index is 401. The number of amides is 2. The van der Waals surface area contributed by atoms with Gasteiger partial charge >= 0.3 is 0 Å². The predicted molar refractivity (Wildman–Crippen MR) is 69.6 cm³/mol. The molecule has 2 N–H and O–H groups in total. The fraction of sp³-hybridized carbons (Fsp3) is 0.538. The van der Waals surface area contributed by atoms with Crippen LogP contribution in [0.4, 0.5) is 0 Å². The quantitative estimate of drug-likeness (QED) is 0.758. The summed E-state index contributed by atoms with van der Waals surface area (Å²) in [6.45, 7) is 4.72. The van der Waals surface area contributed by atoms with Crippen molar-refractivity contribution in [1.82, 2.24) is 10.2 Å². The van der Waals surface area contributed by atoms with Crippen LogP contribution in [0.5, 0.6) is 0 Å². The van der Waals surface area contributed by atoms with Gasteiger partial charge in [0.25, 0.3) is 5.91 Å². The highest BCUT2D eigenvalue weighted by atomic mass is 16.3. The van der Waals surface area contributed by atoms with Gasteiger partial charge in [-0.2, -0.15) is 0 Å². The average molecular weight is 268 g/mol. The van der Waals surface area contributed by atoms with Crippen LogP contribution in [0.2, 0.25) is 0 Å². The summed E-state index contributed by atoms with van der Waals surface area (Å²) < 4.78 is 4.90. The third-order valence-electron chi connectivity index (χ3n) is 2.68. The first-order chi connectivity index (χ1) is 9.04. The second-order valence-corrected chi connectivity index (χ2v) is 4.50. The van der Waals surface area contributed by atoms with Crippen molar-refractivity contribution in [3.8, 4) is 0 Å². The van der Waals surface area contributed by atoms with Crippen molar-refractivity contribution < 1.29 is 19.1 Å². The van der Waals surface area contributed by atoms with E-state index in [1.165, 1.54) is 12.3 Å². The molecule has 0 saturated heterocycles. The van der Waals surface area contributed by atoms with Crippen LogP contribution in [-0.4, -0.2) is 47.6 Å². The van der Waals surface area contributed by atoms with Crippen LogP contribution in [0.15, 0.2) is 22.8 Å². The second-order valence-electron chi connectivity index (χ2n) is 4.50. The molecule has 2 amide bonds. The number of aliphatic hydroxyl groups excluding tert-OH is 1. The molecule has 0 atom stereocenters. The lowest BCUT2D eigenvalue weighted by Gasteiger charge is -2.25. The van der Waals surface area contributed by atoms with Crippen LogP contribution in [0.3, 0.4) is 0 Å². The molecule has 0 aliphatic heterocycles. The highest BCUT2D eigenvalue weighted by molar-refractivity contribution is 6.03. The van der Waals surface area contributed by atoms with Crippen LogP contribution < -0.4 is 5.32 Å². The molecule has 1 aromatic rings. The molecule has 6 nitrogen and oxygen atoms in total. The zero-order valence-electron chi connectivity index (χ0n) is 11.3. The van der Waals surface area contributed by atoms with E-state index in [1.807, 2.05) is 18.7 Å². The van der Waals surface area contributed by atoms with E-state index in [-0.39, 0.29) is 30.9 Å². The number of hydrogen-bond acceptors (Lipinski definition) is 5. The van der Waals surface area contributed by atoms with Crippen molar-refractivity contribution in [2.24, 2.45) is 0 Å². The van der Waals surface area contributed by atoms with Gasteiger partial charge in [-0.25, -0.2) is 0 Å². The van der Waals surface area contributed by atoms with E-state index < -0.39 is 5.91 Å². The van der Waals surface area contributed by atoms with E-state index in [4.69, 9.17) is 9.52 Å². The van der Waals surface area contributed by atoms with Gasteiger partial charge in [-0.15, -0.1) is 0 Å². The highest BCUT2D eigenvalue weighted by Gasteiger charge is 2.17. The Morgan fingerprint density at radius 3 is 2.74 bits per heavy atom. The lowest BCUT2D eigenvalue weighted by atomic mass is 10.3. The van der Waals surface area contributed by atoms with E-state index in [2.05, 4.69) is 5.32 Å². The molecule has 1 aromatic heterocycles. The normalized spacial score (nSPS) is 11.0. The number of nitrogens with zero attached hydrogens (tertiary/aromatic N) is 1. The van der Waals surface area contributed by atoms with Gasteiger partial charge in [0.2, 0.25) is 5.91 Å². The minimum absolute atomic E-state index is 0.0795. The smallest absolute Gasteiger partial charge is 0.293 e. The van der Waals surface area contributed by atoms with Crippen LogP contribution in [0.25, 0.3) is 0 Å². The first-order valence-corrected chi connectivity index (χ1v) is 6.27. The summed E-state index contributed by atoms with van der Waals surface area (Å²) in [7, 11) is 0. The topological polar surface area (TPSA) is 82.8 Å². The van der Waals surface area contributed by atoms with Crippen LogP contribution in [0, 0.1) is 0 Å². The molecule has 0 unspecified atom stereocenters. The molecule has 19 heavy (non-hydrogen) atoms. The first-order valence-electron chi connectivity index (χ1n) is 6.27. The number of imide groups is 1. The van der Waals surface area contributed by atoms with Crippen molar-refractivity contribution in [2.75, 3.05) is 19.7 Å². The van der Waals surface area contributed by atoms with Crippen molar-refractivity contribution in [2.45, 2.75) is 26.3 Å². The van der Waals surface area contributed by atoms with Crippen molar-refractivity contribution >= 4 is 11.8 Å². The Morgan fingerprint density at radius 1 is 1.47 bits per heavy atom. The number of aliphatic hydroxyl groups is 1. The van der Waals surface area contributed by atoms with Gasteiger partial charge in [0, 0.05) is 19.2 Å². The number of hydrogen-bond donors (Lipinski definition) is 2. The fourth-order valence-electron chi connectivity index (χ4n) is 1.61. The molecule has 106 valence electrons. The Morgan fingerprint density at radius 2 is 2.21 bits per heavy atom. The zero-order chi connectivity index (χ0) is 14.3. The molecular formula is C13H20N2O4. The lowest BCUT2D eigenvalue weighted by molar-refractivity contribution is -0.121. The number of carbonyl (C=O) groups is 2. The minimum Gasteiger partial charge on any atom is -0.459 e. The Labute approximate surface area is 112 Å². The number of rotatable bonds is 7. The zero-order valence-corrected chi connectivity index (χ0v) is 11.3. The van der Waals surface area contributed by atoms with Crippen LogP contribution in [0.1, 0.15) is 30.8 Å². The molecule has 6 heteroatoms. The molecule has 0 aliphatic rings. The SMILES string of the molecule is CC(C)N(CCCO)CC(=O)NC(=O)c1ccco1. The molecule has 0 aromatic carbocycles. The van der Waals surface area contributed by atoms with Gasteiger partial charge in [0.1, 0.15) is 0 Å². The average Bonchev–Trinajstić information content (AvgIpc) is 2.87. The van der Waals surface area contributed by atoms with E-state index in [9.17, 15) is 9.59 Å². The third kappa shape index (κ3) is 5.23. The molecule has 0 aliphatic carbocycles. The summed E-state index contributed by atoms with van der Waals surface area (Å²) in [6.07, 6.45) is 1.97. The molecule has 1 heterocycles. The minimum atomic E-state index is -0.541. The van der Waals surface area contributed by atoms with Gasteiger partial charge in [-0.3, -0.25) is 19.8 Å². The Balaban J connectivity index is 2.46. The second kappa shape index (κ2) is 7.70. The lowest BCUT2D eigenvalue weighted by Crippen LogP contribution is -2.43. The largest absolute Gasteiger partial charge is 0.459 e. The third-order valence-corrected chi connectivity index (χ3v) is 2.68. The number of nitrogens with one attached hydrogen (secondary N) is 1. The van der Waals surface area contributed by atoms with Gasteiger partial charge in [0.15, 0.2) is 5.76 Å². The molecule has 0 saturated carbocycles.